The summed E-state index contributed by atoms with van der Waals surface area (Å²) >= 11 is 0. The molecule has 0 amide bonds. The Kier molecular flexibility index (Phi) is 7.68. The molecule has 0 radical (unpaired) electrons. The van der Waals surface area contributed by atoms with E-state index in [9.17, 15) is 5.11 Å². The topological polar surface area (TPSA) is 54.4 Å². The number of β-amino-alcohol motifs (C(OH)–C–C–N with tert-alkyl or cyclic N) is 1. The minimum absolute atomic E-state index is 0.0768. The van der Waals surface area contributed by atoms with Crippen molar-refractivity contribution in [2.75, 3.05) is 58.5 Å². The van der Waals surface area contributed by atoms with E-state index in [1.165, 1.54) is 5.69 Å². The van der Waals surface area contributed by atoms with E-state index in [4.69, 9.17) is 14.2 Å². The first-order chi connectivity index (χ1) is 14.8. The SMILES string of the molecule is COc1ccc(N2CCN(C[C@@H](O)COc3ccc(OC)cc3C(C)(C)C)CC2)cc1. The quantitative estimate of drug-likeness (QED) is 0.694. The number of benzene rings is 2. The molecule has 1 aliphatic rings. The zero-order valence-electron chi connectivity index (χ0n) is 19.4. The molecule has 6 heteroatoms. The Bertz CT molecular complexity index is 824. The van der Waals surface area contributed by atoms with Crippen LogP contribution in [-0.4, -0.2) is 69.7 Å². The Labute approximate surface area is 186 Å². The van der Waals surface area contributed by atoms with Crippen LogP contribution in [0.3, 0.4) is 0 Å². The number of aliphatic hydroxyl groups is 1. The first-order valence-electron chi connectivity index (χ1n) is 10.9. The lowest BCUT2D eigenvalue weighted by Gasteiger charge is -2.37. The molecule has 0 spiro atoms. The Morgan fingerprint density at radius 2 is 1.52 bits per heavy atom. The van der Waals surface area contributed by atoms with Crippen LogP contribution in [0.4, 0.5) is 5.69 Å². The summed E-state index contributed by atoms with van der Waals surface area (Å²) < 4.78 is 16.6. The number of methoxy groups -OCH3 is 2. The largest absolute Gasteiger partial charge is 0.497 e. The first kappa shape index (κ1) is 23.2. The second-order valence-corrected chi connectivity index (χ2v) is 9.06. The van der Waals surface area contributed by atoms with Crippen molar-refractivity contribution in [3.8, 4) is 17.2 Å². The standard InChI is InChI=1S/C25H36N2O4/c1-25(2,3)23-16-22(30-5)10-11-24(23)31-18-20(28)17-26-12-14-27(15-13-26)19-6-8-21(29-4)9-7-19/h6-11,16,20,28H,12-15,17-18H2,1-5H3/t20-/m1/s1. The second-order valence-electron chi connectivity index (χ2n) is 9.06. The molecule has 0 aliphatic carbocycles. The summed E-state index contributed by atoms with van der Waals surface area (Å²) in [5, 5.41) is 10.6. The van der Waals surface area contributed by atoms with E-state index in [2.05, 4.69) is 42.7 Å². The molecule has 3 rings (SSSR count). The van der Waals surface area contributed by atoms with Crippen molar-refractivity contribution in [1.82, 2.24) is 4.90 Å². The fourth-order valence-corrected chi connectivity index (χ4v) is 3.87. The third-order valence-electron chi connectivity index (χ3n) is 5.70. The first-order valence-corrected chi connectivity index (χ1v) is 10.9. The van der Waals surface area contributed by atoms with E-state index < -0.39 is 6.10 Å². The van der Waals surface area contributed by atoms with Gasteiger partial charge in [-0.3, -0.25) is 4.90 Å². The number of anilines is 1. The van der Waals surface area contributed by atoms with Gasteiger partial charge in [-0.25, -0.2) is 0 Å². The van der Waals surface area contributed by atoms with Gasteiger partial charge in [-0.15, -0.1) is 0 Å². The molecule has 0 saturated carbocycles. The molecule has 1 heterocycles. The summed E-state index contributed by atoms with van der Waals surface area (Å²) in [6.07, 6.45) is -0.539. The van der Waals surface area contributed by atoms with Crippen LogP contribution in [0.5, 0.6) is 17.2 Å². The van der Waals surface area contributed by atoms with Crippen molar-refractivity contribution in [2.45, 2.75) is 32.3 Å². The third-order valence-corrected chi connectivity index (χ3v) is 5.70. The maximum atomic E-state index is 10.6. The monoisotopic (exact) mass is 428 g/mol. The Morgan fingerprint density at radius 1 is 0.903 bits per heavy atom. The van der Waals surface area contributed by atoms with E-state index in [1.54, 1.807) is 14.2 Å². The molecule has 1 saturated heterocycles. The van der Waals surface area contributed by atoms with Gasteiger partial charge in [-0.2, -0.15) is 0 Å². The fraction of sp³-hybridized carbons (Fsp3) is 0.520. The molecule has 0 unspecified atom stereocenters. The molecule has 170 valence electrons. The van der Waals surface area contributed by atoms with Crippen LogP contribution in [-0.2, 0) is 5.41 Å². The number of hydrogen-bond donors (Lipinski definition) is 1. The number of piperazine rings is 1. The average molecular weight is 429 g/mol. The predicted molar refractivity (Wildman–Crippen MR) is 125 cm³/mol. The summed E-state index contributed by atoms with van der Waals surface area (Å²) in [4.78, 5) is 4.67. The van der Waals surface area contributed by atoms with Crippen LogP contribution in [0.1, 0.15) is 26.3 Å². The average Bonchev–Trinajstić information content (AvgIpc) is 2.77. The molecule has 31 heavy (non-hydrogen) atoms. The van der Waals surface area contributed by atoms with Crippen molar-refractivity contribution < 1.29 is 19.3 Å². The highest BCUT2D eigenvalue weighted by atomic mass is 16.5. The molecule has 1 fully saturated rings. The van der Waals surface area contributed by atoms with E-state index in [0.717, 1.165) is 49.0 Å². The van der Waals surface area contributed by atoms with Crippen LogP contribution in [0, 0.1) is 0 Å². The molecule has 6 nitrogen and oxygen atoms in total. The Morgan fingerprint density at radius 3 is 2.10 bits per heavy atom. The van der Waals surface area contributed by atoms with Gasteiger partial charge >= 0.3 is 0 Å². The molecule has 2 aromatic carbocycles. The van der Waals surface area contributed by atoms with Crippen molar-refractivity contribution >= 4 is 5.69 Å². The minimum Gasteiger partial charge on any atom is -0.497 e. The summed E-state index contributed by atoms with van der Waals surface area (Å²) in [5.41, 5.74) is 2.21. The van der Waals surface area contributed by atoms with Crippen molar-refractivity contribution in [3.63, 3.8) is 0 Å². The van der Waals surface area contributed by atoms with Crippen molar-refractivity contribution in [3.05, 3.63) is 48.0 Å². The Balaban J connectivity index is 1.49. The normalized spacial score (nSPS) is 16.1. The van der Waals surface area contributed by atoms with Crippen LogP contribution in [0.25, 0.3) is 0 Å². The van der Waals surface area contributed by atoms with Crippen LogP contribution < -0.4 is 19.1 Å². The number of aliphatic hydroxyl groups excluding tert-OH is 1. The van der Waals surface area contributed by atoms with Gasteiger partial charge < -0.3 is 24.2 Å². The molecular formula is C25H36N2O4. The lowest BCUT2D eigenvalue weighted by Crippen LogP contribution is -2.49. The van der Waals surface area contributed by atoms with E-state index in [0.29, 0.717) is 6.54 Å². The van der Waals surface area contributed by atoms with Gasteiger partial charge in [0.05, 0.1) is 14.2 Å². The smallest absolute Gasteiger partial charge is 0.123 e. The zero-order chi connectivity index (χ0) is 22.4. The minimum atomic E-state index is -0.539. The van der Waals surface area contributed by atoms with Gasteiger partial charge in [0.15, 0.2) is 0 Å². The van der Waals surface area contributed by atoms with Gasteiger partial charge in [0.1, 0.15) is 30.0 Å². The summed E-state index contributed by atoms with van der Waals surface area (Å²) in [7, 11) is 3.35. The van der Waals surface area contributed by atoms with Crippen LogP contribution in [0.15, 0.2) is 42.5 Å². The van der Waals surface area contributed by atoms with Gasteiger partial charge in [-0.1, -0.05) is 20.8 Å². The molecule has 0 bridgehead atoms. The second kappa shape index (κ2) is 10.2. The molecule has 1 atom stereocenters. The van der Waals surface area contributed by atoms with E-state index in [-0.39, 0.29) is 12.0 Å². The van der Waals surface area contributed by atoms with E-state index >= 15 is 0 Å². The number of hydrogen-bond acceptors (Lipinski definition) is 6. The summed E-state index contributed by atoms with van der Waals surface area (Å²) in [6, 6.07) is 14.0. The van der Waals surface area contributed by atoms with Gasteiger partial charge in [0.2, 0.25) is 0 Å². The maximum absolute atomic E-state index is 10.6. The zero-order valence-corrected chi connectivity index (χ0v) is 19.4. The number of nitrogens with zero attached hydrogens (tertiary/aromatic N) is 2. The van der Waals surface area contributed by atoms with Crippen LogP contribution in [0.2, 0.25) is 0 Å². The van der Waals surface area contributed by atoms with Crippen molar-refractivity contribution in [1.29, 1.82) is 0 Å². The molecule has 0 aromatic heterocycles. The number of rotatable bonds is 8. The fourth-order valence-electron chi connectivity index (χ4n) is 3.87. The number of ether oxygens (including phenoxy) is 3. The molecule has 2 aromatic rings. The molecule has 1 aliphatic heterocycles. The summed E-state index contributed by atoms with van der Waals surface area (Å²) in [6.45, 7) is 11.0. The van der Waals surface area contributed by atoms with E-state index in [1.807, 2.05) is 30.3 Å². The van der Waals surface area contributed by atoms with Gasteiger partial charge in [-0.05, 0) is 47.9 Å². The highest BCUT2D eigenvalue weighted by Gasteiger charge is 2.22. The predicted octanol–water partition coefficient (Wildman–Crippen LogP) is 3.56. The Hall–Kier alpha value is -2.44. The van der Waals surface area contributed by atoms with Crippen LogP contribution >= 0.6 is 0 Å². The molecular weight excluding hydrogens is 392 g/mol. The third kappa shape index (κ3) is 6.28. The summed E-state index contributed by atoms with van der Waals surface area (Å²) in [5.74, 6) is 2.49. The molecule has 1 N–H and O–H groups in total. The van der Waals surface area contributed by atoms with Gasteiger partial charge in [0, 0.05) is 44.0 Å². The highest BCUT2D eigenvalue weighted by Crippen LogP contribution is 2.34. The maximum Gasteiger partial charge on any atom is 0.123 e. The van der Waals surface area contributed by atoms with Crippen molar-refractivity contribution in [2.24, 2.45) is 0 Å². The highest BCUT2D eigenvalue weighted by molar-refractivity contribution is 5.49. The lowest BCUT2D eigenvalue weighted by molar-refractivity contribution is 0.0656. The van der Waals surface area contributed by atoms with Gasteiger partial charge in [0.25, 0.3) is 0 Å². The lowest BCUT2D eigenvalue weighted by atomic mass is 9.86.